The molecule has 0 radical (unpaired) electrons. The first kappa shape index (κ1) is 15.8. The van der Waals surface area contributed by atoms with E-state index in [-0.39, 0.29) is 12.6 Å². The van der Waals surface area contributed by atoms with Crippen molar-refractivity contribution in [3.8, 4) is 11.8 Å². The molecular formula is C19H18O3. The van der Waals surface area contributed by atoms with Gasteiger partial charge in [0.15, 0.2) is 0 Å². The predicted octanol–water partition coefficient (Wildman–Crippen LogP) is 3.36. The number of hydrogen-bond donors (Lipinski definition) is 0. The molecule has 3 nitrogen and oxygen atoms in total. The fraction of sp³-hybridized carbons (Fsp3) is 0.211. The number of ether oxygens (including phenoxy) is 2. The molecule has 2 rings (SSSR count). The van der Waals surface area contributed by atoms with Crippen molar-refractivity contribution >= 4 is 5.97 Å². The van der Waals surface area contributed by atoms with Gasteiger partial charge in [0, 0.05) is 5.56 Å². The van der Waals surface area contributed by atoms with Gasteiger partial charge < -0.3 is 9.47 Å². The van der Waals surface area contributed by atoms with Crippen molar-refractivity contribution in [2.24, 2.45) is 0 Å². The van der Waals surface area contributed by atoms with E-state index in [4.69, 9.17) is 9.47 Å². The van der Waals surface area contributed by atoms with Crippen molar-refractivity contribution in [1.82, 2.24) is 0 Å². The molecule has 112 valence electrons. The van der Waals surface area contributed by atoms with Crippen molar-refractivity contribution in [2.45, 2.75) is 13.0 Å². The molecule has 1 atom stereocenters. The highest BCUT2D eigenvalue weighted by Gasteiger charge is 2.11. The number of carbonyl (C=O) groups excluding carboxylic acids is 1. The van der Waals surface area contributed by atoms with E-state index >= 15 is 0 Å². The van der Waals surface area contributed by atoms with Gasteiger partial charge in [-0.1, -0.05) is 60.4 Å². The molecule has 0 spiro atoms. The lowest BCUT2D eigenvalue weighted by Crippen LogP contribution is -2.15. The standard InChI is InChI=1S/C19H18O3/c1-2-21-19(20)15-22-18(17-11-7-4-8-12-17)14-13-16-9-5-3-6-10-16/h3-12,18H,2,15H2,1H3. The summed E-state index contributed by atoms with van der Waals surface area (Å²) in [7, 11) is 0. The minimum Gasteiger partial charge on any atom is -0.464 e. The Morgan fingerprint density at radius 2 is 1.68 bits per heavy atom. The zero-order valence-corrected chi connectivity index (χ0v) is 12.5. The molecule has 0 amide bonds. The Morgan fingerprint density at radius 3 is 2.32 bits per heavy atom. The summed E-state index contributed by atoms with van der Waals surface area (Å²) in [5, 5.41) is 0. The van der Waals surface area contributed by atoms with Crippen LogP contribution in [0.5, 0.6) is 0 Å². The maximum atomic E-state index is 11.5. The fourth-order valence-electron chi connectivity index (χ4n) is 1.87. The van der Waals surface area contributed by atoms with Gasteiger partial charge in [-0.25, -0.2) is 4.79 Å². The number of rotatable bonds is 5. The molecule has 22 heavy (non-hydrogen) atoms. The lowest BCUT2D eigenvalue weighted by Gasteiger charge is -2.12. The minimum atomic E-state index is -0.467. The average molecular weight is 294 g/mol. The van der Waals surface area contributed by atoms with Crippen molar-refractivity contribution in [3.63, 3.8) is 0 Å². The summed E-state index contributed by atoms with van der Waals surface area (Å²) >= 11 is 0. The molecule has 1 unspecified atom stereocenters. The first-order valence-electron chi connectivity index (χ1n) is 7.18. The first-order chi connectivity index (χ1) is 10.8. The van der Waals surface area contributed by atoms with Crippen LogP contribution in [0, 0.1) is 11.8 Å². The smallest absolute Gasteiger partial charge is 0.332 e. The second kappa shape index (κ2) is 8.66. The van der Waals surface area contributed by atoms with E-state index in [2.05, 4.69) is 11.8 Å². The summed E-state index contributed by atoms with van der Waals surface area (Å²) in [5.41, 5.74) is 1.82. The van der Waals surface area contributed by atoms with Gasteiger partial charge in [0.1, 0.15) is 12.7 Å². The monoisotopic (exact) mass is 294 g/mol. The molecule has 0 fully saturated rings. The summed E-state index contributed by atoms with van der Waals surface area (Å²) in [6.07, 6.45) is -0.467. The molecule has 0 aliphatic rings. The molecule has 0 saturated carbocycles. The van der Waals surface area contributed by atoms with Crippen molar-refractivity contribution < 1.29 is 14.3 Å². The Labute approximate surface area is 130 Å². The van der Waals surface area contributed by atoms with E-state index in [0.29, 0.717) is 6.61 Å². The van der Waals surface area contributed by atoms with Crippen LogP contribution in [0.2, 0.25) is 0 Å². The highest BCUT2D eigenvalue weighted by atomic mass is 16.6. The molecule has 2 aromatic rings. The van der Waals surface area contributed by atoms with Gasteiger partial charge in [-0.2, -0.15) is 0 Å². The highest BCUT2D eigenvalue weighted by Crippen LogP contribution is 2.16. The summed E-state index contributed by atoms with van der Waals surface area (Å²) in [6, 6.07) is 19.3. The van der Waals surface area contributed by atoms with Gasteiger partial charge >= 0.3 is 5.97 Å². The van der Waals surface area contributed by atoms with Gasteiger partial charge in [-0.3, -0.25) is 0 Å². The fourth-order valence-corrected chi connectivity index (χ4v) is 1.87. The molecule has 3 heteroatoms. The molecule has 2 aromatic carbocycles. The van der Waals surface area contributed by atoms with Gasteiger partial charge in [-0.05, 0) is 24.6 Å². The Kier molecular flexibility index (Phi) is 6.22. The van der Waals surface area contributed by atoms with Crippen LogP contribution in [-0.4, -0.2) is 19.2 Å². The number of carbonyl (C=O) groups is 1. The van der Waals surface area contributed by atoms with Gasteiger partial charge in [-0.15, -0.1) is 0 Å². The second-order valence-electron chi connectivity index (χ2n) is 4.54. The lowest BCUT2D eigenvalue weighted by atomic mass is 10.1. The largest absolute Gasteiger partial charge is 0.464 e. The normalized spacial score (nSPS) is 11.1. The third-order valence-corrected chi connectivity index (χ3v) is 2.90. The van der Waals surface area contributed by atoms with Crippen molar-refractivity contribution in [2.75, 3.05) is 13.2 Å². The van der Waals surface area contributed by atoms with Gasteiger partial charge in [0.25, 0.3) is 0 Å². The zero-order chi connectivity index (χ0) is 15.6. The SMILES string of the molecule is CCOC(=O)COC(C#Cc1ccccc1)c1ccccc1. The lowest BCUT2D eigenvalue weighted by molar-refractivity contribution is -0.149. The van der Waals surface area contributed by atoms with E-state index in [1.54, 1.807) is 6.92 Å². The maximum Gasteiger partial charge on any atom is 0.332 e. The van der Waals surface area contributed by atoms with E-state index in [0.717, 1.165) is 11.1 Å². The molecular weight excluding hydrogens is 276 g/mol. The summed E-state index contributed by atoms with van der Waals surface area (Å²) < 4.78 is 10.5. The molecule has 0 N–H and O–H groups in total. The maximum absolute atomic E-state index is 11.5. The topological polar surface area (TPSA) is 35.5 Å². The average Bonchev–Trinajstić information content (AvgIpc) is 2.57. The Hall–Kier alpha value is -2.57. The summed E-state index contributed by atoms with van der Waals surface area (Å²) in [6.45, 7) is 1.99. The van der Waals surface area contributed by atoms with Crippen LogP contribution in [0.3, 0.4) is 0 Å². The molecule has 0 aliphatic heterocycles. The van der Waals surface area contributed by atoms with Crippen LogP contribution in [0.15, 0.2) is 60.7 Å². The molecule has 0 heterocycles. The van der Waals surface area contributed by atoms with Gasteiger partial charge in [0.05, 0.1) is 6.61 Å². The second-order valence-corrected chi connectivity index (χ2v) is 4.54. The molecule has 0 aliphatic carbocycles. The van der Waals surface area contributed by atoms with E-state index in [1.807, 2.05) is 60.7 Å². The van der Waals surface area contributed by atoms with Crippen LogP contribution in [0.1, 0.15) is 24.2 Å². The van der Waals surface area contributed by atoms with E-state index in [9.17, 15) is 4.79 Å². The van der Waals surface area contributed by atoms with E-state index < -0.39 is 6.10 Å². The Bertz CT molecular complexity index is 639. The first-order valence-corrected chi connectivity index (χ1v) is 7.18. The van der Waals surface area contributed by atoms with E-state index in [1.165, 1.54) is 0 Å². The van der Waals surface area contributed by atoms with Crippen LogP contribution in [0.25, 0.3) is 0 Å². The minimum absolute atomic E-state index is 0.114. The number of hydrogen-bond acceptors (Lipinski definition) is 3. The van der Waals surface area contributed by atoms with Crippen LogP contribution < -0.4 is 0 Å². The zero-order valence-electron chi connectivity index (χ0n) is 12.5. The van der Waals surface area contributed by atoms with Crippen LogP contribution >= 0.6 is 0 Å². The molecule has 0 bridgehead atoms. The summed E-state index contributed by atoms with van der Waals surface area (Å²) in [4.78, 5) is 11.5. The molecule has 0 saturated heterocycles. The quantitative estimate of drug-likeness (QED) is 0.626. The highest BCUT2D eigenvalue weighted by molar-refractivity contribution is 5.70. The predicted molar refractivity (Wildman–Crippen MR) is 85.1 cm³/mol. The Morgan fingerprint density at radius 1 is 1.05 bits per heavy atom. The Balaban J connectivity index is 2.12. The third-order valence-electron chi connectivity index (χ3n) is 2.90. The van der Waals surface area contributed by atoms with Gasteiger partial charge in [0.2, 0.25) is 0 Å². The number of benzene rings is 2. The van der Waals surface area contributed by atoms with Crippen LogP contribution in [-0.2, 0) is 14.3 Å². The van der Waals surface area contributed by atoms with Crippen LogP contribution in [0.4, 0.5) is 0 Å². The summed E-state index contributed by atoms with van der Waals surface area (Å²) in [5.74, 6) is 5.76. The number of esters is 1. The van der Waals surface area contributed by atoms with Crippen molar-refractivity contribution in [1.29, 1.82) is 0 Å². The molecule has 0 aromatic heterocycles. The van der Waals surface area contributed by atoms with Crippen molar-refractivity contribution in [3.05, 3.63) is 71.8 Å². The third kappa shape index (κ3) is 5.08.